The third-order valence-electron chi connectivity index (χ3n) is 2.96. The summed E-state index contributed by atoms with van der Waals surface area (Å²) in [4.78, 5) is 1.24. The van der Waals surface area contributed by atoms with E-state index in [1.165, 1.54) is 4.90 Å². The van der Waals surface area contributed by atoms with Gasteiger partial charge in [-0.2, -0.15) is 5.10 Å². The number of hydrazine groups is 1. The average molecular weight is 355 g/mol. The predicted octanol–water partition coefficient (Wildman–Crippen LogP) is 3.35. The van der Waals surface area contributed by atoms with E-state index in [1.54, 1.807) is 11.8 Å². The van der Waals surface area contributed by atoms with Crippen molar-refractivity contribution in [3.05, 3.63) is 46.7 Å². The van der Waals surface area contributed by atoms with Crippen LogP contribution in [0.3, 0.4) is 0 Å². The van der Waals surface area contributed by atoms with E-state index in [4.69, 9.17) is 5.84 Å². The lowest BCUT2D eigenvalue weighted by molar-refractivity contribution is 0.507. The van der Waals surface area contributed by atoms with Crippen molar-refractivity contribution in [3.8, 4) is 0 Å². The number of halogens is 1. The molecule has 0 amide bonds. The molecule has 1 aromatic carbocycles. The van der Waals surface area contributed by atoms with Crippen LogP contribution in [-0.2, 0) is 6.54 Å². The fraction of sp³-hybridized carbons (Fsp3) is 0.357. The van der Waals surface area contributed by atoms with E-state index in [1.807, 2.05) is 29.1 Å². The van der Waals surface area contributed by atoms with E-state index in [0.717, 1.165) is 28.9 Å². The molecular weight excluding hydrogens is 336 g/mol. The van der Waals surface area contributed by atoms with Crippen molar-refractivity contribution < 1.29 is 0 Å². The highest BCUT2D eigenvalue weighted by molar-refractivity contribution is 9.10. The number of aromatic nitrogens is 2. The van der Waals surface area contributed by atoms with Crippen molar-refractivity contribution in [1.82, 2.24) is 15.2 Å². The molecule has 0 aliphatic heterocycles. The zero-order valence-electron chi connectivity index (χ0n) is 11.4. The molecule has 0 saturated carbocycles. The molecule has 0 radical (unpaired) electrons. The van der Waals surface area contributed by atoms with Gasteiger partial charge in [0, 0.05) is 17.2 Å². The van der Waals surface area contributed by atoms with Crippen LogP contribution in [0.2, 0.25) is 0 Å². The molecule has 108 valence electrons. The summed E-state index contributed by atoms with van der Waals surface area (Å²) in [5, 5.41) is 4.39. The van der Waals surface area contributed by atoms with Crippen molar-refractivity contribution in [3.63, 3.8) is 0 Å². The molecule has 2 aromatic rings. The summed E-state index contributed by atoms with van der Waals surface area (Å²) in [6.45, 7) is 3.04. The highest BCUT2D eigenvalue weighted by Gasteiger charge is 2.19. The van der Waals surface area contributed by atoms with Crippen LogP contribution in [0.5, 0.6) is 0 Å². The first-order chi connectivity index (χ1) is 9.76. The van der Waals surface area contributed by atoms with Crippen LogP contribution in [0.15, 0.2) is 45.9 Å². The van der Waals surface area contributed by atoms with Crippen LogP contribution >= 0.6 is 27.7 Å². The monoisotopic (exact) mass is 354 g/mol. The molecule has 4 nitrogen and oxygen atoms in total. The molecule has 0 fully saturated rings. The van der Waals surface area contributed by atoms with Gasteiger partial charge in [-0.3, -0.25) is 16.0 Å². The summed E-state index contributed by atoms with van der Waals surface area (Å²) < 4.78 is 3.02. The molecule has 0 aliphatic carbocycles. The number of benzene rings is 1. The Morgan fingerprint density at radius 2 is 2.15 bits per heavy atom. The van der Waals surface area contributed by atoms with Gasteiger partial charge in [0.15, 0.2) is 0 Å². The summed E-state index contributed by atoms with van der Waals surface area (Å²) >= 11 is 5.35. The maximum absolute atomic E-state index is 5.74. The summed E-state index contributed by atoms with van der Waals surface area (Å²) in [5.74, 6) is 6.59. The Labute approximate surface area is 132 Å². The second kappa shape index (κ2) is 7.83. The van der Waals surface area contributed by atoms with Gasteiger partial charge in [-0.25, -0.2) is 0 Å². The van der Waals surface area contributed by atoms with Crippen molar-refractivity contribution in [2.24, 2.45) is 5.84 Å². The topological polar surface area (TPSA) is 55.9 Å². The lowest BCUT2D eigenvalue weighted by Crippen LogP contribution is -2.31. The van der Waals surface area contributed by atoms with Crippen LogP contribution in [0, 0.1) is 0 Å². The zero-order chi connectivity index (χ0) is 14.4. The van der Waals surface area contributed by atoms with Crippen molar-refractivity contribution in [1.29, 1.82) is 0 Å². The number of aryl methyl sites for hydroxylation is 1. The van der Waals surface area contributed by atoms with Gasteiger partial charge in [-0.15, -0.1) is 11.8 Å². The fourth-order valence-corrected chi connectivity index (χ4v) is 3.55. The lowest BCUT2D eigenvalue weighted by Gasteiger charge is -2.18. The summed E-state index contributed by atoms with van der Waals surface area (Å²) in [6, 6.07) is 10.4. The summed E-state index contributed by atoms with van der Waals surface area (Å²) in [5.41, 5.74) is 4.01. The minimum absolute atomic E-state index is 0.0589. The van der Waals surface area contributed by atoms with Crippen molar-refractivity contribution in [2.45, 2.75) is 30.8 Å². The van der Waals surface area contributed by atoms with Gasteiger partial charge < -0.3 is 0 Å². The Morgan fingerprint density at radius 1 is 1.40 bits per heavy atom. The highest BCUT2D eigenvalue weighted by atomic mass is 79.9. The van der Waals surface area contributed by atoms with Gasteiger partial charge in [0.25, 0.3) is 0 Å². The first kappa shape index (κ1) is 15.6. The van der Waals surface area contributed by atoms with E-state index < -0.39 is 0 Å². The minimum atomic E-state index is 0.0589. The molecule has 0 aliphatic rings. The summed E-state index contributed by atoms with van der Waals surface area (Å²) in [6.07, 6.45) is 2.88. The van der Waals surface area contributed by atoms with E-state index in [9.17, 15) is 0 Å². The van der Waals surface area contributed by atoms with Crippen LogP contribution < -0.4 is 11.3 Å². The summed E-state index contributed by atoms with van der Waals surface area (Å²) in [7, 11) is 0. The fourth-order valence-electron chi connectivity index (χ4n) is 2.01. The van der Waals surface area contributed by atoms with Gasteiger partial charge >= 0.3 is 0 Å². The molecule has 3 N–H and O–H groups in total. The number of hydrogen-bond acceptors (Lipinski definition) is 4. The van der Waals surface area contributed by atoms with E-state index in [-0.39, 0.29) is 6.04 Å². The Hall–Kier alpha value is -0.820. The number of hydrogen-bond donors (Lipinski definition) is 2. The predicted molar refractivity (Wildman–Crippen MR) is 87.4 cm³/mol. The van der Waals surface area contributed by atoms with E-state index >= 15 is 0 Å². The van der Waals surface area contributed by atoms with Crippen LogP contribution in [0.1, 0.15) is 25.1 Å². The molecule has 2 rings (SSSR count). The maximum Gasteiger partial charge on any atom is 0.0734 e. The SMILES string of the molecule is CCCn1ncc(Br)c1C(CSc1ccccc1)NN. The Bertz CT molecular complexity index is 529. The molecule has 6 heteroatoms. The molecular formula is C14H19BrN4S. The third-order valence-corrected chi connectivity index (χ3v) is 4.68. The number of rotatable bonds is 7. The molecule has 0 saturated heterocycles. The number of nitrogens with one attached hydrogen (secondary N) is 1. The van der Waals surface area contributed by atoms with E-state index in [0.29, 0.717) is 0 Å². The van der Waals surface area contributed by atoms with Crippen molar-refractivity contribution in [2.75, 3.05) is 5.75 Å². The first-order valence-corrected chi connectivity index (χ1v) is 8.39. The zero-order valence-corrected chi connectivity index (χ0v) is 13.8. The van der Waals surface area contributed by atoms with Gasteiger partial charge in [-0.1, -0.05) is 25.1 Å². The van der Waals surface area contributed by atoms with E-state index in [2.05, 4.69) is 45.5 Å². The highest BCUT2D eigenvalue weighted by Crippen LogP contribution is 2.28. The molecule has 20 heavy (non-hydrogen) atoms. The second-order valence-corrected chi connectivity index (χ2v) is 6.39. The minimum Gasteiger partial charge on any atom is -0.271 e. The third kappa shape index (κ3) is 3.85. The van der Waals surface area contributed by atoms with Crippen LogP contribution in [0.4, 0.5) is 0 Å². The number of nitrogens with zero attached hydrogens (tertiary/aromatic N) is 2. The number of thioether (sulfide) groups is 1. The molecule has 0 spiro atoms. The number of nitrogens with two attached hydrogens (primary N) is 1. The molecule has 1 atom stereocenters. The van der Waals surface area contributed by atoms with Crippen molar-refractivity contribution >= 4 is 27.7 Å². The molecule has 1 heterocycles. The second-order valence-electron chi connectivity index (χ2n) is 4.44. The maximum atomic E-state index is 5.74. The molecule has 1 aromatic heterocycles. The Balaban J connectivity index is 2.10. The van der Waals surface area contributed by atoms with Gasteiger partial charge in [0.05, 0.1) is 22.4 Å². The lowest BCUT2D eigenvalue weighted by atomic mass is 10.2. The normalized spacial score (nSPS) is 12.6. The quantitative estimate of drug-likeness (QED) is 0.454. The Kier molecular flexibility index (Phi) is 6.09. The van der Waals surface area contributed by atoms with Crippen LogP contribution in [0.25, 0.3) is 0 Å². The first-order valence-electron chi connectivity index (χ1n) is 6.61. The standard InChI is InChI=1S/C14H19BrN4S/c1-2-8-19-14(12(15)9-17-19)13(18-16)10-20-11-6-4-3-5-7-11/h3-7,9,13,18H,2,8,10,16H2,1H3. The van der Waals surface area contributed by atoms with Gasteiger partial charge in [-0.05, 0) is 34.5 Å². The smallest absolute Gasteiger partial charge is 0.0734 e. The average Bonchev–Trinajstić information content (AvgIpc) is 2.83. The molecule has 1 unspecified atom stereocenters. The molecule has 0 bridgehead atoms. The van der Waals surface area contributed by atoms with Gasteiger partial charge in [0.2, 0.25) is 0 Å². The van der Waals surface area contributed by atoms with Crippen LogP contribution in [-0.4, -0.2) is 15.5 Å². The van der Waals surface area contributed by atoms with Gasteiger partial charge in [0.1, 0.15) is 0 Å². The Morgan fingerprint density at radius 3 is 2.80 bits per heavy atom. The largest absolute Gasteiger partial charge is 0.271 e.